The average molecular weight is 338 g/mol. The van der Waals surface area contributed by atoms with Crippen LogP contribution < -0.4 is 5.32 Å². The molecule has 0 bridgehead atoms. The minimum absolute atomic E-state index is 0.00711. The number of thioether (sulfide) groups is 1. The average Bonchev–Trinajstić information content (AvgIpc) is 2.51. The number of urea groups is 1. The van der Waals surface area contributed by atoms with Crippen molar-refractivity contribution in [2.75, 3.05) is 18.8 Å². The fourth-order valence-electron chi connectivity index (χ4n) is 1.86. The Balaban J connectivity index is 2.61. The summed E-state index contributed by atoms with van der Waals surface area (Å²) in [6.45, 7) is 3.74. The summed E-state index contributed by atoms with van der Waals surface area (Å²) in [6, 6.07) is 8.34. The van der Waals surface area contributed by atoms with Crippen LogP contribution in [0.1, 0.15) is 19.4 Å². The number of hydrogen-bond acceptors (Lipinski definition) is 4. The highest BCUT2D eigenvalue weighted by Gasteiger charge is 2.19. The third-order valence-electron chi connectivity index (χ3n) is 3.18. The molecule has 0 radical (unpaired) electrons. The second-order valence-corrected chi connectivity index (χ2v) is 6.34. The van der Waals surface area contributed by atoms with Crippen molar-refractivity contribution in [3.05, 3.63) is 35.9 Å². The van der Waals surface area contributed by atoms with Gasteiger partial charge in [-0.3, -0.25) is 9.59 Å². The van der Waals surface area contributed by atoms with Gasteiger partial charge >= 0.3 is 12.0 Å². The van der Waals surface area contributed by atoms with Crippen LogP contribution in [0.3, 0.4) is 0 Å². The fourth-order valence-corrected chi connectivity index (χ4v) is 2.46. The Kier molecular flexibility index (Phi) is 8.18. The number of amides is 2. The van der Waals surface area contributed by atoms with Crippen LogP contribution in [-0.2, 0) is 16.0 Å². The summed E-state index contributed by atoms with van der Waals surface area (Å²) in [5.41, 5.74) is 1.09. The SMILES string of the molecule is CC(=O)SCCN(CCc1ccccc1)C(=O)N[C@H](C)C(=O)O. The van der Waals surface area contributed by atoms with Crippen molar-refractivity contribution in [2.45, 2.75) is 26.3 Å². The number of carbonyl (C=O) groups excluding carboxylic acids is 2. The van der Waals surface area contributed by atoms with E-state index in [1.165, 1.54) is 13.8 Å². The first-order valence-corrected chi connectivity index (χ1v) is 8.34. The zero-order valence-electron chi connectivity index (χ0n) is 13.3. The molecule has 1 aromatic rings. The summed E-state index contributed by atoms with van der Waals surface area (Å²) in [4.78, 5) is 35.6. The van der Waals surface area contributed by atoms with Gasteiger partial charge < -0.3 is 15.3 Å². The maximum atomic E-state index is 12.2. The Hall–Kier alpha value is -2.02. The second-order valence-electron chi connectivity index (χ2n) is 5.07. The van der Waals surface area contributed by atoms with E-state index in [-0.39, 0.29) is 5.12 Å². The molecule has 0 unspecified atom stereocenters. The van der Waals surface area contributed by atoms with Crippen molar-refractivity contribution in [3.8, 4) is 0 Å². The van der Waals surface area contributed by atoms with E-state index in [1.54, 1.807) is 4.90 Å². The first-order chi connectivity index (χ1) is 10.9. The van der Waals surface area contributed by atoms with E-state index < -0.39 is 18.0 Å². The van der Waals surface area contributed by atoms with Crippen LogP contribution in [0.2, 0.25) is 0 Å². The van der Waals surface area contributed by atoms with Crippen molar-refractivity contribution >= 4 is 28.9 Å². The Bertz CT molecular complexity index is 536. The lowest BCUT2D eigenvalue weighted by atomic mass is 10.1. The minimum Gasteiger partial charge on any atom is -0.480 e. The molecule has 0 spiro atoms. The number of carboxylic acid groups (broad SMARTS) is 1. The standard InChI is InChI=1S/C16H22N2O4S/c1-12(15(20)21)17-16(22)18(10-11-23-13(2)19)9-8-14-6-4-3-5-7-14/h3-7,12H,8-11H2,1-2H3,(H,17,22)(H,20,21)/t12-/m1/s1. The van der Waals surface area contributed by atoms with Crippen LogP contribution in [-0.4, -0.2) is 52.0 Å². The van der Waals surface area contributed by atoms with E-state index in [1.807, 2.05) is 30.3 Å². The highest BCUT2D eigenvalue weighted by atomic mass is 32.2. The number of rotatable bonds is 8. The van der Waals surface area contributed by atoms with E-state index in [9.17, 15) is 14.4 Å². The molecule has 0 saturated heterocycles. The highest BCUT2D eigenvalue weighted by Crippen LogP contribution is 2.06. The summed E-state index contributed by atoms with van der Waals surface area (Å²) >= 11 is 1.15. The van der Waals surface area contributed by atoms with E-state index in [4.69, 9.17) is 5.11 Å². The number of nitrogens with zero attached hydrogens (tertiary/aromatic N) is 1. The van der Waals surface area contributed by atoms with Crippen LogP contribution in [0, 0.1) is 0 Å². The minimum atomic E-state index is -1.08. The highest BCUT2D eigenvalue weighted by molar-refractivity contribution is 8.13. The summed E-state index contributed by atoms with van der Waals surface area (Å²) in [6.07, 6.45) is 0.667. The summed E-state index contributed by atoms with van der Waals surface area (Å²) in [5.74, 6) is -0.599. The van der Waals surface area contributed by atoms with Crippen molar-refractivity contribution in [3.63, 3.8) is 0 Å². The number of carboxylic acids is 1. The fraction of sp³-hybridized carbons (Fsp3) is 0.438. The van der Waals surface area contributed by atoms with Gasteiger partial charge in [0.1, 0.15) is 6.04 Å². The number of hydrogen-bond donors (Lipinski definition) is 2. The molecule has 0 aromatic heterocycles. The Morgan fingerprint density at radius 1 is 1.22 bits per heavy atom. The van der Waals surface area contributed by atoms with Crippen LogP contribution in [0.15, 0.2) is 30.3 Å². The molecule has 0 aliphatic carbocycles. The molecule has 2 N–H and O–H groups in total. The maximum absolute atomic E-state index is 12.2. The molecule has 126 valence electrons. The van der Waals surface area contributed by atoms with Gasteiger partial charge in [0.2, 0.25) is 0 Å². The Morgan fingerprint density at radius 3 is 2.43 bits per heavy atom. The van der Waals surface area contributed by atoms with Crippen molar-refractivity contribution in [2.24, 2.45) is 0 Å². The van der Waals surface area contributed by atoms with Gasteiger partial charge in [-0.25, -0.2) is 4.79 Å². The first-order valence-electron chi connectivity index (χ1n) is 7.35. The van der Waals surface area contributed by atoms with E-state index in [2.05, 4.69) is 5.32 Å². The first kappa shape index (κ1) is 19.0. The van der Waals surface area contributed by atoms with E-state index >= 15 is 0 Å². The molecule has 0 fully saturated rings. The number of nitrogens with one attached hydrogen (secondary N) is 1. The molecule has 2 amide bonds. The van der Waals surface area contributed by atoms with Crippen LogP contribution in [0.4, 0.5) is 4.79 Å². The van der Waals surface area contributed by atoms with Crippen LogP contribution in [0.25, 0.3) is 0 Å². The lowest BCUT2D eigenvalue weighted by molar-refractivity contribution is -0.138. The molecule has 1 atom stereocenters. The molecule has 23 heavy (non-hydrogen) atoms. The van der Waals surface area contributed by atoms with Gasteiger partial charge in [0.15, 0.2) is 5.12 Å². The largest absolute Gasteiger partial charge is 0.480 e. The van der Waals surface area contributed by atoms with Crippen LogP contribution >= 0.6 is 11.8 Å². The molecule has 1 aromatic carbocycles. The van der Waals surface area contributed by atoms with Gasteiger partial charge in [-0.2, -0.15) is 0 Å². The third kappa shape index (κ3) is 7.69. The molecule has 0 saturated carbocycles. The zero-order chi connectivity index (χ0) is 17.2. The molecule has 0 heterocycles. The van der Waals surface area contributed by atoms with Crippen molar-refractivity contribution < 1.29 is 19.5 Å². The summed E-state index contributed by atoms with van der Waals surface area (Å²) in [7, 11) is 0. The van der Waals surface area contributed by atoms with Gasteiger partial charge in [0, 0.05) is 25.8 Å². The summed E-state index contributed by atoms with van der Waals surface area (Å²) < 4.78 is 0. The molecule has 6 nitrogen and oxygen atoms in total. The molecular formula is C16H22N2O4S. The Morgan fingerprint density at radius 2 is 1.87 bits per heavy atom. The number of aliphatic carboxylic acids is 1. The second kappa shape index (κ2) is 9.89. The topological polar surface area (TPSA) is 86.7 Å². The summed E-state index contributed by atoms with van der Waals surface area (Å²) in [5, 5.41) is 11.3. The van der Waals surface area contributed by atoms with Gasteiger partial charge in [-0.1, -0.05) is 42.1 Å². The van der Waals surface area contributed by atoms with Gasteiger partial charge in [0.25, 0.3) is 0 Å². The van der Waals surface area contributed by atoms with Gasteiger partial charge in [0.05, 0.1) is 0 Å². The van der Waals surface area contributed by atoms with Gasteiger partial charge in [-0.15, -0.1) is 0 Å². The predicted octanol–water partition coefficient (Wildman–Crippen LogP) is 1.99. The van der Waals surface area contributed by atoms with Crippen molar-refractivity contribution in [1.29, 1.82) is 0 Å². The molecule has 1 rings (SSSR count). The quantitative estimate of drug-likeness (QED) is 0.757. The van der Waals surface area contributed by atoms with Crippen molar-refractivity contribution in [1.82, 2.24) is 10.2 Å². The van der Waals surface area contributed by atoms with E-state index in [0.29, 0.717) is 25.3 Å². The maximum Gasteiger partial charge on any atom is 0.325 e. The lowest BCUT2D eigenvalue weighted by Crippen LogP contribution is -2.48. The van der Waals surface area contributed by atoms with Crippen LogP contribution in [0.5, 0.6) is 0 Å². The monoisotopic (exact) mass is 338 g/mol. The third-order valence-corrected chi connectivity index (χ3v) is 3.97. The lowest BCUT2D eigenvalue weighted by Gasteiger charge is -2.24. The van der Waals surface area contributed by atoms with E-state index in [0.717, 1.165) is 17.3 Å². The number of benzene rings is 1. The number of carbonyl (C=O) groups is 3. The Labute approximate surface area is 140 Å². The van der Waals surface area contributed by atoms with Gasteiger partial charge in [-0.05, 0) is 18.9 Å². The molecule has 0 aliphatic rings. The molecule has 7 heteroatoms. The predicted molar refractivity (Wildman–Crippen MR) is 90.5 cm³/mol. The molecule has 0 aliphatic heterocycles. The molecular weight excluding hydrogens is 316 g/mol. The zero-order valence-corrected chi connectivity index (χ0v) is 14.1. The smallest absolute Gasteiger partial charge is 0.325 e. The normalized spacial score (nSPS) is 11.6.